The number of alkyl halides is 3. The van der Waals surface area contributed by atoms with Crippen LogP contribution in [0, 0.1) is 5.92 Å². The molecule has 0 bridgehead atoms. The standard InChI is InChI=1S/C19H33Br3O2/c20-19(21,22)17(16-23)12-8-5-3-1-2-4-6-11-15-24-18-13-9-7-10-14-18/h16-18H,1-15H2. The molecule has 1 saturated carbocycles. The molecule has 1 rings (SSSR count). The number of rotatable bonds is 13. The number of carbonyl (C=O) groups excluding carboxylic acids is 1. The summed E-state index contributed by atoms with van der Waals surface area (Å²) in [6.45, 7) is 0.963. The van der Waals surface area contributed by atoms with Gasteiger partial charge in [-0.3, -0.25) is 0 Å². The van der Waals surface area contributed by atoms with Gasteiger partial charge < -0.3 is 9.53 Å². The van der Waals surface area contributed by atoms with E-state index in [2.05, 4.69) is 47.8 Å². The fraction of sp³-hybridized carbons (Fsp3) is 0.947. The summed E-state index contributed by atoms with van der Waals surface area (Å²) in [6, 6.07) is 0. The van der Waals surface area contributed by atoms with E-state index in [4.69, 9.17) is 4.74 Å². The van der Waals surface area contributed by atoms with Crippen LogP contribution in [0.5, 0.6) is 0 Å². The first-order chi connectivity index (χ1) is 11.5. The van der Waals surface area contributed by atoms with Crippen LogP contribution in [0.4, 0.5) is 0 Å². The lowest BCUT2D eigenvalue weighted by atomic mass is 9.98. The number of hydrogen-bond donors (Lipinski definition) is 0. The highest BCUT2D eigenvalue weighted by molar-refractivity contribution is 9.39. The molecule has 24 heavy (non-hydrogen) atoms. The summed E-state index contributed by atoms with van der Waals surface area (Å²) in [5.41, 5.74) is 0. The summed E-state index contributed by atoms with van der Waals surface area (Å²) in [5, 5.41) is 0. The molecule has 0 spiro atoms. The molecule has 0 saturated heterocycles. The molecule has 0 aromatic rings. The summed E-state index contributed by atoms with van der Waals surface area (Å²) in [4.78, 5) is 11.0. The highest BCUT2D eigenvalue weighted by atomic mass is 80.0. The van der Waals surface area contributed by atoms with E-state index in [-0.39, 0.29) is 5.92 Å². The van der Waals surface area contributed by atoms with Crippen LogP contribution < -0.4 is 0 Å². The van der Waals surface area contributed by atoms with Crippen LogP contribution in [0.15, 0.2) is 0 Å². The predicted molar refractivity (Wildman–Crippen MR) is 113 cm³/mol. The van der Waals surface area contributed by atoms with E-state index in [1.165, 1.54) is 77.0 Å². The van der Waals surface area contributed by atoms with E-state index in [9.17, 15) is 4.79 Å². The van der Waals surface area contributed by atoms with Gasteiger partial charge in [0.15, 0.2) is 0 Å². The first-order valence-electron chi connectivity index (χ1n) is 9.67. The van der Waals surface area contributed by atoms with Gasteiger partial charge in [0.2, 0.25) is 0 Å². The highest BCUT2D eigenvalue weighted by Crippen LogP contribution is 2.42. The van der Waals surface area contributed by atoms with Crippen LogP contribution in [0.2, 0.25) is 0 Å². The fourth-order valence-electron chi connectivity index (χ4n) is 3.32. The Morgan fingerprint density at radius 2 is 1.42 bits per heavy atom. The van der Waals surface area contributed by atoms with E-state index >= 15 is 0 Å². The second kappa shape index (κ2) is 14.2. The van der Waals surface area contributed by atoms with Crippen LogP contribution in [0.3, 0.4) is 0 Å². The average Bonchev–Trinajstić information content (AvgIpc) is 2.55. The molecule has 0 aromatic heterocycles. The molecule has 0 N–H and O–H groups in total. The van der Waals surface area contributed by atoms with Gasteiger partial charge in [-0.1, -0.05) is 112 Å². The fourth-order valence-corrected chi connectivity index (χ4v) is 4.33. The largest absolute Gasteiger partial charge is 0.378 e. The number of halogens is 3. The van der Waals surface area contributed by atoms with E-state index in [1.807, 2.05) is 0 Å². The van der Waals surface area contributed by atoms with E-state index in [1.54, 1.807) is 0 Å². The minimum atomic E-state index is -0.436. The number of ether oxygens (including phenoxy) is 1. The molecular formula is C19H33Br3O2. The molecule has 5 heteroatoms. The molecule has 0 heterocycles. The average molecular weight is 533 g/mol. The van der Waals surface area contributed by atoms with Gasteiger partial charge in [-0.15, -0.1) is 0 Å². The van der Waals surface area contributed by atoms with Gasteiger partial charge in [-0.25, -0.2) is 0 Å². The quantitative estimate of drug-likeness (QED) is 0.139. The maximum Gasteiger partial charge on any atom is 0.144 e. The van der Waals surface area contributed by atoms with E-state index in [0.29, 0.717) is 6.10 Å². The first kappa shape index (κ1) is 23.1. The maximum absolute atomic E-state index is 11.0. The van der Waals surface area contributed by atoms with Crippen molar-refractivity contribution in [1.82, 2.24) is 0 Å². The van der Waals surface area contributed by atoms with Gasteiger partial charge in [-0.05, 0) is 25.7 Å². The predicted octanol–water partition coefficient (Wildman–Crippen LogP) is 7.50. The summed E-state index contributed by atoms with van der Waals surface area (Å²) >= 11 is 10.3. The van der Waals surface area contributed by atoms with E-state index in [0.717, 1.165) is 25.7 Å². The van der Waals surface area contributed by atoms with Crippen molar-refractivity contribution in [3.05, 3.63) is 0 Å². The molecule has 0 radical (unpaired) electrons. The molecule has 1 fully saturated rings. The Balaban J connectivity index is 1.82. The molecule has 0 aliphatic heterocycles. The topological polar surface area (TPSA) is 26.3 Å². The second-order valence-corrected chi connectivity index (χ2v) is 14.0. The molecule has 1 aliphatic carbocycles. The summed E-state index contributed by atoms with van der Waals surface area (Å²) in [5.74, 6) is -0.0262. The lowest BCUT2D eigenvalue weighted by Gasteiger charge is -2.21. The third kappa shape index (κ3) is 11.6. The van der Waals surface area contributed by atoms with Crippen molar-refractivity contribution in [3.63, 3.8) is 0 Å². The Bertz CT molecular complexity index is 312. The van der Waals surface area contributed by atoms with Crippen LogP contribution in [-0.2, 0) is 9.53 Å². The molecule has 0 aromatic carbocycles. The Morgan fingerprint density at radius 3 is 1.96 bits per heavy atom. The Kier molecular flexibility index (Phi) is 13.6. The first-order valence-corrected chi connectivity index (χ1v) is 12.1. The van der Waals surface area contributed by atoms with Crippen molar-refractivity contribution in [2.24, 2.45) is 5.92 Å². The Hall–Kier alpha value is 1.07. The van der Waals surface area contributed by atoms with Crippen molar-refractivity contribution in [2.75, 3.05) is 6.61 Å². The number of carbonyl (C=O) groups is 1. The van der Waals surface area contributed by atoms with Crippen LogP contribution in [-0.4, -0.2) is 21.1 Å². The van der Waals surface area contributed by atoms with Crippen molar-refractivity contribution < 1.29 is 9.53 Å². The van der Waals surface area contributed by atoms with Crippen molar-refractivity contribution in [3.8, 4) is 0 Å². The number of hydrogen-bond acceptors (Lipinski definition) is 2. The smallest absolute Gasteiger partial charge is 0.144 e. The van der Waals surface area contributed by atoms with Gasteiger partial charge in [0.1, 0.15) is 8.43 Å². The van der Waals surface area contributed by atoms with Crippen LogP contribution in [0.1, 0.15) is 89.9 Å². The number of aldehydes is 1. The van der Waals surface area contributed by atoms with Gasteiger partial charge in [0.25, 0.3) is 0 Å². The molecule has 1 atom stereocenters. The lowest BCUT2D eigenvalue weighted by Crippen LogP contribution is -2.18. The van der Waals surface area contributed by atoms with Gasteiger partial charge in [0, 0.05) is 12.5 Å². The Morgan fingerprint density at radius 1 is 0.875 bits per heavy atom. The lowest BCUT2D eigenvalue weighted by molar-refractivity contribution is -0.110. The van der Waals surface area contributed by atoms with Crippen LogP contribution >= 0.6 is 47.8 Å². The van der Waals surface area contributed by atoms with Gasteiger partial charge in [-0.2, -0.15) is 0 Å². The monoisotopic (exact) mass is 530 g/mol. The third-order valence-corrected chi connectivity index (χ3v) is 6.66. The molecule has 2 nitrogen and oxygen atoms in total. The zero-order valence-corrected chi connectivity index (χ0v) is 19.5. The summed E-state index contributed by atoms with van der Waals surface area (Å²) in [6.07, 6.45) is 19.3. The summed E-state index contributed by atoms with van der Waals surface area (Å²) < 4.78 is 5.53. The Labute approximate surface area is 173 Å². The molecule has 1 aliphatic rings. The second-order valence-electron chi connectivity index (χ2n) is 7.03. The van der Waals surface area contributed by atoms with Crippen LogP contribution in [0.25, 0.3) is 0 Å². The third-order valence-electron chi connectivity index (χ3n) is 4.90. The molecule has 0 amide bonds. The van der Waals surface area contributed by atoms with Gasteiger partial charge >= 0.3 is 0 Å². The van der Waals surface area contributed by atoms with E-state index < -0.39 is 2.14 Å². The zero-order chi connectivity index (χ0) is 17.7. The molecule has 142 valence electrons. The highest BCUT2D eigenvalue weighted by Gasteiger charge is 2.29. The van der Waals surface area contributed by atoms with Crippen molar-refractivity contribution >= 4 is 54.1 Å². The minimum absolute atomic E-state index is 0.0262. The zero-order valence-electron chi connectivity index (χ0n) is 14.8. The summed E-state index contributed by atoms with van der Waals surface area (Å²) in [7, 11) is 0. The SMILES string of the molecule is O=CC(CCCCCCCCCCOC1CCCCC1)C(Br)(Br)Br. The normalized spacial score (nSPS) is 17.8. The van der Waals surface area contributed by atoms with Crippen molar-refractivity contribution in [2.45, 2.75) is 98.1 Å². The van der Waals surface area contributed by atoms with Crippen molar-refractivity contribution in [1.29, 1.82) is 0 Å². The maximum atomic E-state index is 11.0. The van der Waals surface area contributed by atoms with Gasteiger partial charge in [0.05, 0.1) is 6.10 Å². The molecular weight excluding hydrogens is 500 g/mol. The molecule has 1 unspecified atom stereocenters. The minimum Gasteiger partial charge on any atom is -0.378 e. The number of unbranched alkanes of at least 4 members (excludes halogenated alkanes) is 7.